The van der Waals surface area contributed by atoms with Gasteiger partial charge in [0.15, 0.2) is 0 Å². The predicted molar refractivity (Wildman–Crippen MR) is 51.9 cm³/mol. The Labute approximate surface area is 75.7 Å². The lowest BCUT2D eigenvalue weighted by molar-refractivity contribution is 0.111. The minimum absolute atomic E-state index is 0.216. The van der Waals surface area contributed by atoms with E-state index >= 15 is 0 Å². The molecule has 12 heavy (non-hydrogen) atoms. The van der Waals surface area contributed by atoms with Gasteiger partial charge in [-0.25, -0.2) is 0 Å². The van der Waals surface area contributed by atoms with E-state index < -0.39 is 0 Å². The highest BCUT2D eigenvalue weighted by molar-refractivity contribution is 4.94. The first-order valence-electron chi connectivity index (χ1n) is 5.51. The predicted octanol–water partition coefficient (Wildman–Crippen LogP) is 2.69. The Balaban J connectivity index is 2.05. The molecular weight excluding hydrogens is 146 g/mol. The van der Waals surface area contributed by atoms with E-state index in [0.29, 0.717) is 0 Å². The fourth-order valence-electron chi connectivity index (χ4n) is 3.29. The fourth-order valence-corrected chi connectivity index (χ4v) is 3.29. The summed E-state index contributed by atoms with van der Waals surface area (Å²) in [6.07, 6.45) is 9.65. The number of hydrogen-bond acceptors (Lipinski definition) is 1. The van der Waals surface area contributed by atoms with Crippen LogP contribution in [0.15, 0.2) is 0 Å². The molecule has 2 saturated carbocycles. The quantitative estimate of drug-likeness (QED) is 0.638. The molecule has 2 aliphatic rings. The normalized spacial score (nSPS) is 47.5. The van der Waals surface area contributed by atoms with E-state index in [0.717, 1.165) is 11.8 Å². The summed E-state index contributed by atoms with van der Waals surface area (Å²) in [6.45, 7) is 2.25. The van der Waals surface area contributed by atoms with E-state index in [1.165, 1.54) is 44.9 Å². The molecule has 2 atom stereocenters. The van der Waals surface area contributed by atoms with Gasteiger partial charge in [-0.1, -0.05) is 26.2 Å². The molecule has 2 N–H and O–H groups in total. The maximum Gasteiger partial charge on any atom is 0.0157 e. The van der Waals surface area contributed by atoms with Crippen molar-refractivity contribution in [3.05, 3.63) is 0 Å². The molecule has 0 heterocycles. The molecule has 0 aromatic rings. The average molecular weight is 167 g/mol. The number of fused-ring (bicyclic) bond motifs is 2. The summed E-state index contributed by atoms with van der Waals surface area (Å²) in [6, 6.07) is 0. The summed E-state index contributed by atoms with van der Waals surface area (Å²) < 4.78 is 0. The third-order valence-corrected chi connectivity index (χ3v) is 3.99. The minimum atomic E-state index is 0.216. The molecule has 1 nitrogen and oxygen atoms in total. The lowest BCUT2D eigenvalue weighted by atomic mass is 9.64. The number of rotatable bonds is 1. The van der Waals surface area contributed by atoms with E-state index in [1.807, 2.05) is 0 Å². The maximum atomic E-state index is 6.35. The molecular formula is C11H21N. The molecule has 0 spiro atoms. The van der Waals surface area contributed by atoms with Crippen LogP contribution in [0.25, 0.3) is 0 Å². The van der Waals surface area contributed by atoms with E-state index in [2.05, 4.69) is 6.92 Å². The molecule has 2 aliphatic carbocycles. The molecule has 1 heteroatoms. The second-order valence-electron chi connectivity index (χ2n) is 5.02. The molecule has 0 aromatic heterocycles. The molecule has 70 valence electrons. The zero-order valence-corrected chi connectivity index (χ0v) is 8.18. The van der Waals surface area contributed by atoms with Gasteiger partial charge in [-0.3, -0.25) is 0 Å². The van der Waals surface area contributed by atoms with Gasteiger partial charge >= 0.3 is 0 Å². The van der Waals surface area contributed by atoms with E-state index in [9.17, 15) is 0 Å². The Bertz CT molecular complexity index is 152. The minimum Gasteiger partial charge on any atom is -0.325 e. The van der Waals surface area contributed by atoms with Gasteiger partial charge < -0.3 is 5.73 Å². The summed E-state index contributed by atoms with van der Waals surface area (Å²) in [4.78, 5) is 0. The Morgan fingerprint density at radius 2 is 1.83 bits per heavy atom. The summed E-state index contributed by atoms with van der Waals surface area (Å²) in [5, 5.41) is 0. The largest absolute Gasteiger partial charge is 0.325 e. The fraction of sp³-hybridized carbons (Fsp3) is 1.00. The van der Waals surface area contributed by atoms with Crippen molar-refractivity contribution in [1.82, 2.24) is 0 Å². The van der Waals surface area contributed by atoms with Crippen molar-refractivity contribution >= 4 is 0 Å². The SMILES string of the molecule is CCC1(N)CC2CCCC(C2)C1. The summed E-state index contributed by atoms with van der Waals surface area (Å²) in [5.74, 6) is 1.95. The lowest BCUT2D eigenvalue weighted by Gasteiger charge is -2.45. The Morgan fingerprint density at radius 1 is 1.25 bits per heavy atom. The van der Waals surface area contributed by atoms with Crippen LogP contribution in [0.5, 0.6) is 0 Å². The summed E-state index contributed by atoms with van der Waals surface area (Å²) in [7, 11) is 0. The van der Waals surface area contributed by atoms with Crippen molar-refractivity contribution in [1.29, 1.82) is 0 Å². The van der Waals surface area contributed by atoms with Gasteiger partial charge in [0.2, 0.25) is 0 Å². The van der Waals surface area contributed by atoms with E-state index in [4.69, 9.17) is 5.73 Å². The van der Waals surface area contributed by atoms with Gasteiger partial charge in [-0.05, 0) is 37.5 Å². The van der Waals surface area contributed by atoms with Crippen LogP contribution in [0.1, 0.15) is 51.9 Å². The van der Waals surface area contributed by atoms with Crippen molar-refractivity contribution in [3.63, 3.8) is 0 Å². The third-order valence-electron chi connectivity index (χ3n) is 3.99. The van der Waals surface area contributed by atoms with Crippen LogP contribution in [0.4, 0.5) is 0 Å². The van der Waals surface area contributed by atoms with Crippen LogP contribution in [0, 0.1) is 11.8 Å². The molecule has 0 saturated heterocycles. The summed E-state index contributed by atoms with van der Waals surface area (Å²) >= 11 is 0. The van der Waals surface area contributed by atoms with Gasteiger partial charge in [0, 0.05) is 5.54 Å². The van der Waals surface area contributed by atoms with E-state index in [1.54, 1.807) is 0 Å². The number of hydrogen-bond donors (Lipinski definition) is 1. The first-order chi connectivity index (χ1) is 5.72. The van der Waals surface area contributed by atoms with Crippen molar-refractivity contribution in [2.24, 2.45) is 17.6 Å². The van der Waals surface area contributed by atoms with Crippen LogP contribution in [-0.2, 0) is 0 Å². The van der Waals surface area contributed by atoms with Crippen molar-refractivity contribution in [2.45, 2.75) is 57.4 Å². The second kappa shape index (κ2) is 3.02. The zero-order chi connectivity index (χ0) is 8.60. The van der Waals surface area contributed by atoms with E-state index in [-0.39, 0.29) is 5.54 Å². The molecule has 2 rings (SSSR count). The topological polar surface area (TPSA) is 26.0 Å². The smallest absolute Gasteiger partial charge is 0.0157 e. The maximum absolute atomic E-state index is 6.35. The standard InChI is InChI=1S/C11H21N/c1-2-11(12)7-9-4-3-5-10(6-9)8-11/h9-10H,2-8,12H2,1H3. The molecule has 0 aliphatic heterocycles. The van der Waals surface area contributed by atoms with Crippen LogP contribution in [-0.4, -0.2) is 5.54 Å². The second-order valence-corrected chi connectivity index (χ2v) is 5.02. The van der Waals surface area contributed by atoms with Gasteiger partial charge in [-0.2, -0.15) is 0 Å². The monoisotopic (exact) mass is 167 g/mol. The Kier molecular flexibility index (Phi) is 2.16. The molecule has 2 bridgehead atoms. The first kappa shape index (κ1) is 8.55. The summed E-state index contributed by atoms with van der Waals surface area (Å²) in [5.41, 5.74) is 6.56. The van der Waals surface area contributed by atoms with Crippen LogP contribution >= 0.6 is 0 Å². The van der Waals surface area contributed by atoms with Gasteiger partial charge in [-0.15, -0.1) is 0 Å². The zero-order valence-electron chi connectivity index (χ0n) is 8.18. The van der Waals surface area contributed by atoms with Crippen molar-refractivity contribution in [2.75, 3.05) is 0 Å². The Morgan fingerprint density at radius 3 is 2.33 bits per heavy atom. The van der Waals surface area contributed by atoms with Crippen molar-refractivity contribution < 1.29 is 0 Å². The molecule has 2 fully saturated rings. The highest BCUT2D eigenvalue weighted by Gasteiger charge is 2.38. The molecule has 0 radical (unpaired) electrons. The number of nitrogens with two attached hydrogens (primary N) is 1. The highest BCUT2D eigenvalue weighted by atomic mass is 14.8. The Hall–Kier alpha value is -0.0400. The average Bonchev–Trinajstić information content (AvgIpc) is 2.03. The van der Waals surface area contributed by atoms with Crippen LogP contribution in [0.3, 0.4) is 0 Å². The first-order valence-corrected chi connectivity index (χ1v) is 5.51. The van der Waals surface area contributed by atoms with Crippen LogP contribution < -0.4 is 5.73 Å². The molecule has 0 aromatic carbocycles. The van der Waals surface area contributed by atoms with Crippen molar-refractivity contribution in [3.8, 4) is 0 Å². The van der Waals surface area contributed by atoms with Gasteiger partial charge in [0.1, 0.15) is 0 Å². The van der Waals surface area contributed by atoms with Gasteiger partial charge in [0.25, 0.3) is 0 Å². The molecule has 2 unspecified atom stereocenters. The molecule has 0 amide bonds. The highest BCUT2D eigenvalue weighted by Crippen LogP contribution is 2.44. The third kappa shape index (κ3) is 1.52. The van der Waals surface area contributed by atoms with Gasteiger partial charge in [0.05, 0.1) is 0 Å². The van der Waals surface area contributed by atoms with Crippen LogP contribution in [0.2, 0.25) is 0 Å². The lowest BCUT2D eigenvalue weighted by Crippen LogP contribution is -2.47.